The van der Waals surface area contributed by atoms with E-state index in [1.165, 1.54) is 0 Å². The van der Waals surface area contributed by atoms with Gasteiger partial charge in [0.2, 0.25) is 5.90 Å². The zero-order chi connectivity index (χ0) is 28.5. The quantitative estimate of drug-likeness (QED) is 0.156. The van der Waals surface area contributed by atoms with Crippen LogP contribution in [0.2, 0.25) is 5.02 Å². The molecule has 8 heteroatoms. The highest BCUT2D eigenvalue weighted by atomic mass is 35.5. The molecule has 4 aromatic rings. The van der Waals surface area contributed by atoms with Crippen molar-refractivity contribution < 1.29 is 19.4 Å². The van der Waals surface area contributed by atoms with E-state index >= 15 is 0 Å². The molecule has 0 saturated heterocycles. The van der Waals surface area contributed by atoms with Crippen molar-refractivity contribution in [3.8, 4) is 5.75 Å². The second-order valence-electron chi connectivity index (χ2n) is 9.80. The fraction of sp³-hybridized carbons (Fsp3) is 0.212. The molecule has 0 fully saturated rings. The molecule has 7 nitrogen and oxygen atoms in total. The van der Waals surface area contributed by atoms with Gasteiger partial charge in [0.05, 0.1) is 6.61 Å². The van der Waals surface area contributed by atoms with Gasteiger partial charge in [-0.3, -0.25) is 10.2 Å². The van der Waals surface area contributed by atoms with Crippen LogP contribution in [-0.2, 0) is 22.5 Å². The molecule has 0 saturated carbocycles. The number of hydrogen-bond acceptors (Lipinski definition) is 6. The molecule has 0 bridgehead atoms. The number of rotatable bonds is 12. The number of halogens is 1. The summed E-state index contributed by atoms with van der Waals surface area (Å²) in [6, 6.07) is 34.4. The molecule has 41 heavy (non-hydrogen) atoms. The Bertz CT molecular complexity index is 1450. The lowest BCUT2D eigenvalue weighted by Gasteiger charge is -2.31. The number of hydrazine groups is 1. The summed E-state index contributed by atoms with van der Waals surface area (Å²) in [5.74, 6) is 0.757. The summed E-state index contributed by atoms with van der Waals surface area (Å²) < 4.78 is 12.2. The average molecular weight is 570 g/mol. The van der Waals surface area contributed by atoms with E-state index in [1.807, 2.05) is 109 Å². The standard InChI is InChI=1S/C33H32ClN3O4/c34-28-16-12-25(13-17-28)23-35-37-32(39)33(22-24-8-3-1-4-9-24)30(26-10-5-2-6-11-26)41-31(36-33)27-14-18-29(19-15-27)40-21-7-20-38/h1-6,8-19,30,35,38H,7,20-23H2,(H,37,39)/t30-,33-/m0/s1. The Balaban J connectivity index is 1.47. The molecule has 1 aliphatic rings. The fourth-order valence-corrected chi connectivity index (χ4v) is 4.88. The summed E-state index contributed by atoms with van der Waals surface area (Å²) in [6.45, 7) is 0.909. The van der Waals surface area contributed by atoms with Crippen molar-refractivity contribution in [1.82, 2.24) is 10.9 Å². The number of hydrogen-bond donors (Lipinski definition) is 3. The van der Waals surface area contributed by atoms with Crippen LogP contribution in [0.3, 0.4) is 0 Å². The minimum atomic E-state index is -1.29. The number of ether oxygens (including phenoxy) is 2. The predicted molar refractivity (Wildman–Crippen MR) is 160 cm³/mol. The third-order valence-electron chi connectivity index (χ3n) is 6.86. The van der Waals surface area contributed by atoms with E-state index in [0.29, 0.717) is 42.7 Å². The van der Waals surface area contributed by atoms with Crippen molar-refractivity contribution in [1.29, 1.82) is 0 Å². The summed E-state index contributed by atoms with van der Waals surface area (Å²) in [5, 5.41) is 9.67. The summed E-state index contributed by atoms with van der Waals surface area (Å²) in [6.07, 6.45) is 0.212. The first kappa shape index (κ1) is 28.4. The summed E-state index contributed by atoms with van der Waals surface area (Å²) in [7, 11) is 0. The van der Waals surface area contributed by atoms with E-state index in [1.54, 1.807) is 0 Å². The van der Waals surface area contributed by atoms with E-state index in [-0.39, 0.29) is 12.5 Å². The number of nitrogens with one attached hydrogen (secondary N) is 2. The topological polar surface area (TPSA) is 92.2 Å². The second kappa shape index (κ2) is 13.5. The predicted octanol–water partition coefficient (Wildman–Crippen LogP) is 5.42. The molecule has 0 radical (unpaired) electrons. The Morgan fingerprint density at radius 3 is 2.27 bits per heavy atom. The SMILES string of the molecule is O=C(NNCc1ccc(Cl)cc1)[C@@]1(Cc2ccccc2)N=C(c2ccc(OCCCO)cc2)O[C@H]1c1ccccc1. The third kappa shape index (κ3) is 6.95. The van der Waals surface area contributed by atoms with Crippen LogP contribution in [0.15, 0.2) is 114 Å². The molecule has 4 aromatic carbocycles. The summed E-state index contributed by atoms with van der Waals surface area (Å²) in [4.78, 5) is 19.2. The molecule has 2 atom stereocenters. The van der Waals surface area contributed by atoms with Crippen molar-refractivity contribution in [3.63, 3.8) is 0 Å². The van der Waals surface area contributed by atoms with Gasteiger partial charge in [-0.05, 0) is 53.1 Å². The first-order valence-corrected chi connectivity index (χ1v) is 13.9. The second-order valence-corrected chi connectivity index (χ2v) is 10.2. The lowest BCUT2D eigenvalue weighted by atomic mass is 9.82. The van der Waals surface area contributed by atoms with E-state index < -0.39 is 11.6 Å². The Labute approximate surface area is 244 Å². The number of amides is 1. The van der Waals surface area contributed by atoms with Gasteiger partial charge in [0, 0.05) is 36.6 Å². The Morgan fingerprint density at radius 1 is 0.902 bits per heavy atom. The number of carbonyl (C=O) groups is 1. The van der Waals surface area contributed by atoms with Gasteiger partial charge in [0.15, 0.2) is 11.6 Å². The average Bonchev–Trinajstić information content (AvgIpc) is 3.40. The van der Waals surface area contributed by atoms with Gasteiger partial charge in [0.1, 0.15) is 5.75 Å². The maximum Gasteiger partial charge on any atom is 0.266 e. The van der Waals surface area contributed by atoms with Gasteiger partial charge in [-0.2, -0.15) is 0 Å². The highest BCUT2D eigenvalue weighted by Crippen LogP contribution is 2.42. The Morgan fingerprint density at radius 2 is 1.59 bits per heavy atom. The van der Waals surface area contributed by atoms with Crippen LogP contribution in [0.1, 0.15) is 34.8 Å². The van der Waals surface area contributed by atoms with Crippen LogP contribution in [-0.4, -0.2) is 35.7 Å². The Kier molecular flexibility index (Phi) is 9.31. The van der Waals surface area contributed by atoms with Crippen molar-refractivity contribution in [2.75, 3.05) is 13.2 Å². The van der Waals surface area contributed by atoms with Gasteiger partial charge in [-0.1, -0.05) is 84.4 Å². The van der Waals surface area contributed by atoms with E-state index in [4.69, 9.17) is 31.2 Å². The molecule has 5 rings (SSSR count). The monoisotopic (exact) mass is 569 g/mol. The number of aliphatic imine (C=N–C) groups is 1. The van der Waals surface area contributed by atoms with Crippen LogP contribution >= 0.6 is 11.6 Å². The van der Waals surface area contributed by atoms with Crippen LogP contribution < -0.4 is 15.6 Å². The molecule has 1 amide bonds. The van der Waals surface area contributed by atoms with Crippen molar-refractivity contribution in [2.24, 2.45) is 4.99 Å². The lowest BCUT2D eigenvalue weighted by molar-refractivity contribution is -0.130. The van der Waals surface area contributed by atoms with Crippen molar-refractivity contribution in [2.45, 2.75) is 31.0 Å². The zero-order valence-corrected chi connectivity index (χ0v) is 23.3. The molecule has 1 heterocycles. The van der Waals surface area contributed by atoms with E-state index in [0.717, 1.165) is 22.3 Å². The molecule has 0 unspecified atom stereocenters. The fourth-order valence-electron chi connectivity index (χ4n) is 4.75. The van der Waals surface area contributed by atoms with E-state index in [2.05, 4.69) is 10.9 Å². The van der Waals surface area contributed by atoms with Gasteiger partial charge >= 0.3 is 0 Å². The smallest absolute Gasteiger partial charge is 0.266 e. The van der Waals surface area contributed by atoms with Gasteiger partial charge in [0.25, 0.3) is 5.91 Å². The number of benzene rings is 4. The molecular formula is C33H32ClN3O4. The minimum Gasteiger partial charge on any atom is -0.494 e. The molecule has 3 N–H and O–H groups in total. The first-order chi connectivity index (χ1) is 20.1. The molecule has 0 aromatic heterocycles. The van der Waals surface area contributed by atoms with Crippen LogP contribution in [0.4, 0.5) is 0 Å². The van der Waals surface area contributed by atoms with Crippen LogP contribution in [0.25, 0.3) is 0 Å². The number of nitrogens with zero attached hydrogens (tertiary/aromatic N) is 1. The van der Waals surface area contributed by atoms with Crippen LogP contribution in [0.5, 0.6) is 5.75 Å². The number of carbonyl (C=O) groups excluding carboxylic acids is 1. The zero-order valence-electron chi connectivity index (χ0n) is 22.5. The summed E-state index contributed by atoms with van der Waals surface area (Å²) >= 11 is 6.02. The Hall–Kier alpha value is -4.17. The van der Waals surface area contributed by atoms with Gasteiger partial charge < -0.3 is 14.6 Å². The minimum absolute atomic E-state index is 0.0731. The summed E-state index contributed by atoms with van der Waals surface area (Å²) in [5.41, 5.74) is 8.20. The maximum atomic E-state index is 14.2. The van der Waals surface area contributed by atoms with Gasteiger partial charge in [-0.15, -0.1) is 0 Å². The largest absolute Gasteiger partial charge is 0.494 e. The number of aliphatic hydroxyl groups excluding tert-OH is 1. The lowest BCUT2D eigenvalue weighted by Crippen LogP contribution is -2.53. The third-order valence-corrected chi connectivity index (χ3v) is 7.11. The van der Waals surface area contributed by atoms with Gasteiger partial charge in [-0.25, -0.2) is 10.4 Å². The molecule has 0 aliphatic carbocycles. The van der Waals surface area contributed by atoms with Crippen molar-refractivity contribution in [3.05, 3.63) is 136 Å². The maximum absolute atomic E-state index is 14.2. The van der Waals surface area contributed by atoms with Crippen molar-refractivity contribution >= 4 is 23.4 Å². The first-order valence-electron chi connectivity index (χ1n) is 13.5. The number of aliphatic hydroxyl groups is 1. The highest BCUT2D eigenvalue weighted by Gasteiger charge is 2.53. The normalized spacial score (nSPS) is 17.9. The molecule has 1 aliphatic heterocycles. The van der Waals surface area contributed by atoms with Crippen LogP contribution in [0, 0.1) is 0 Å². The molecular weight excluding hydrogens is 538 g/mol. The van der Waals surface area contributed by atoms with E-state index in [9.17, 15) is 4.79 Å². The highest BCUT2D eigenvalue weighted by molar-refractivity contribution is 6.30. The molecule has 210 valence electrons. The molecule has 0 spiro atoms.